The molecule has 1 heterocycles. The third-order valence-corrected chi connectivity index (χ3v) is 4.60. The summed E-state index contributed by atoms with van der Waals surface area (Å²) in [6, 6.07) is 22.2. The Kier molecular flexibility index (Phi) is 4.66. The highest BCUT2D eigenvalue weighted by molar-refractivity contribution is 6.08. The molecule has 136 valence electrons. The maximum atomic E-state index is 9.75. The van der Waals surface area contributed by atoms with E-state index in [4.69, 9.17) is 4.74 Å². The summed E-state index contributed by atoms with van der Waals surface area (Å²) in [5.41, 5.74) is 7.00. The maximum Gasteiger partial charge on any atom is 0.132 e. The first-order valence-corrected chi connectivity index (χ1v) is 8.80. The largest absolute Gasteiger partial charge is 0.508 e. The van der Waals surface area contributed by atoms with Gasteiger partial charge >= 0.3 is 0 Å². The number of fused-ring (bicyclic) bond motifs is 1. The third-order valence-electron chi connectivity index (χ3n) is 4.60. The number of hydrogen-bond acceptors (Lipinski definition) is 5. The highest BCUT2D eigenvalue weighted by atomic mass is 16.5. The molecular formula is C22H20N2O3. The average Bonchev–Trinajstić information content (AvgIpc) is 2.69. The molecule has 0 aromatic heterocycles. The van der Waals surface area contributed by atoms with Crippen LogP contribution in [0.3, 0.4) is 0 Å². The lowest BCUT2D eigenvalue weighted by Crippen LogP contribution is -2.28. The second kappa shape index (κ2) is 7.41. The number of phenolic OH excluding ortho intramolecular Hbond substituents is 2. The summed E-state index contributed by atoms with van der Waals surface area (Å²) in [4.78, 5) is 0. The molecule has 1 aliphatic rings. The van der Waals surface area contributed by atoms with Crippen molar-refractivity contribution in [1.82, 2.24) is 5.43 Å². The topological polar surface area (TPSA) is 74.1 Å². The maximum absolute atomic E-state index is 9.75. The first-order chi connectivity index (χ1) is 13.2. The van der Waals surface area contributed by atoms with Crippen molar-refractivity contribution in [3.05, 3.63) is 89.5 Å². The van der Waals surface area contributed by atoms with Crippen LogP contribution in [-0.2, 0) is 6.54 Å². The summed E-state index contributed by atoms with van der Waals surface area (Å²) >= 11 is 0. The molecule has 0 radical (unpaired) electrons. The van der Waals surface area contributed by atoms with Crippen molar-refractivity contribution in [2.45, 2.75) is 12.5 Å². The van der Waals surface area contributed by atoms with E-state index in [-0.39, 0.29) is 17.4 Å². The summed E-state index contributed by atoms with van der Waals surface area (Å²) in [7, 11) is 0. The van der Waals surface area contributed by atoms with E-state index in [0.29, 0.717) is 18.9 Å². The number of ether oxygens (including phenoxy) is 1. The summed E-state index contributed by atoms with van der Waals surface area (Å²) in [5.74, 6) is 0.922. The number of phenols is 2. The fourth-order valence-electron chi connectivity index (χ4n) is 3.19. The fraction of sp³-hybridized carbons (Fsp3) is 0.136. The van der Waals surface area contributed by atoms with Gasteiger partial charge in [-0.25, -0.2) is 0 Å². The first kappa shape index (κ1) is 17.0. The highest BCUT2D eigenvalue weighted by Crippen LogP contribution is 2.35. The predicted octanol–water partition coefficient (Wildman–Crippen LogP) is 3.77. The lowest BCUT2D eigenvalue weighted by molar-refractivity contribution is 0.300. The smallest absolute Gasteiger partial charge is 0.132 e. The van der Waals surface area contributed by atoms with E-state index in [0.717, 1.165) is 22.4 Å². The first-order valence-electron chi connectivity index (χ1n) is 8.80. The molecule has 27 heavy (non-hydrogen) atoms. The van der Waals surface area contributed by atoms with Crippen LogP contribution in [0.5, 0.6) is 17.2 Å². The van der Waals surface area contributed by atoms with Crippen molar-refractivity contribution < 1.29 is 14.9 Å². The lowest BCUT2D eigenvalue weighted by Gasteiger charge is -2.27. The number of aromatic hydroxyl groups is 2. The molecule has 0 amide bonds. The third kappa shape index (κ3) is 3.72. The van der Waals surface area contributed by atoms with Crippen LogP contribution in [0.4, 0.5) is 0 Å². The Morgan fingerprint density at radius 2 is 1.67 bits per heavy atom. The number of hydrogen-bond donors (Lipinski definition) is 3. The fourth-order valence-corrected chi connectivity index (χ4v) is 3.19. The van der Waals surface area contributed by atoms with Gasteiger partial charge in [0.05, 0.1) is 18.2 Å². The van der Waals surface area contributed by atoms with Crippen LogP contribution in [0.25, 0.3) is 0 Å². The monoisotopic (exact) mass is 360 g/mol. The standard InChI is InChI=1S/C22H20N2O3/c25-17-8-6-16(7-9-17)20-14-27-21-12-18(26)10-11-19(21)22(20)24-23-13-15-4-2-1-3-5-15/h1-12,20,23,25-26H,13-14H2/b24-22+. The minimum Gasteiger partial charge on any atom is -0.508 e. The van der Waals surface area contributed by atoms with Crippen molar-refractivity contribution >= 4 is 5.71 Å². The number of rotatable bonds is 4. The summed E-state index contributed by atoms with van der Waals surface area (Å²) in [6.45, 7) is 1.02. The predicted molar refractivity (Wildman–Crippen MR) is 104 cm³/mol. The lowest BCUT2D eigenvalue weighted by atomic mass is 9.88. The van der Waals surface area contributed by atoms with Crippen molar-refractivity contribution in [3.63, 3.8) is 0 Å². The molecule has 4 rings (SSSR count). The van der Waals surface area contributed by atoms with Crippen molar-refractivity contribution in [1.29, 1.82) is 0 Å². The Morgan fingerprint density at radius 3 is 2.44 bits per heavy atom. The molecule has 0 aliphatic carbocycles. The zero-order chi connectivity index (χ0) is 18.6. The molecule has 5 heteroatoms. The molecule has 1 unspecified atom stereocenters. The molecule has 3 N–H and O–H groups in total. The Labute approximate surface area is 157 Å². The Morgan fingerprint density at radius 1 is 0.926 bits per heavy atom. The van der Waals surface area contributed by atoms with E-state index in [2.05, 4.69) is 10.5 Å². The second-order valence-electron chi connectivity index (χ2n) is 6.45. The number of benzene rings is 3. The highest BCUT2D eigenvalue weighted by Gasteiger charge is 2.29. The Hall–Kier alpha value is -3.47. The molecular weight excluding hydrogens is 340 g/mol. The Balaban J connectivity index is 1.67. The van der Waals surface area contributed by atoms with E-state index >= 15 is 0 Å². The van der Waals surface area contributed by atoms with Gasteiger partial charge < -0.3 is 20.4 Å². The van der Waals surface area contributed by atoms with Crippen molar-refractivity contribution in [3.8, 4) is 17.2 Å². The van der Waals surface area contributed by atoms with Gasteiger partial charge in [0.1, 0.15) is 23.9 Å². The summed E-state index contributed by atoms with van der Waals surface area (Å²) < 4.78 is 5.87. The molecule has 0 spiro atoms. The van der Waals surface area contributed by atoms with Gasteiger partial charge in [-0.2, -0.15) is 5.10 Å². The SMILES string of the molecule is Oc1ccc(C2COc3cc(O)ccc3/C2=N\NCc2ccccc2)cc1. The van der Waals surface area contributed by atoms with Gasteiger partial charge in [0.2, 0.25) is 0 Å². The van der Waals surface area contributed by atoms with Crippen LogP contribution in [0, 0.1) is 0 Å². The van der Waals surface area contributed by atoms with E-state index < -0.39 is 0 Å². The van der Waals surface area contributed by atoms with Crippen LogP contribution < -0.4 is 10.2 Å². The van der Waals surface area contributed by atoms with E-state index in [9.17, 15) is 10.2 Å². The second-order valence-corrected chi connectivity index (χ2v) is 6.45. The molecule has 0 saturated heterocycles. The molecule has 1 atom stereocenters. The molecule has 0 saturated carbocycles. The summed E-state index contributed by atoms with van der Waals surface area (Å²) in [6.07, 6.45) is 0. The van der Waals surface area contributed by atoms with Crippen LogP contribution in [-0.4, -0.2) is 22.5 Å². The van der Waals surface area contributed by atoms with Gasteiger partial charge in [0.15, 0.2) is 0 Å². The quantitative estimate of drug-likeness (QED) is 0.619. The van der Waals surface area contributed by atoms with Crippen LogP contribution in [0.15, 0.2) is 77.9 Å². The van der Waals surface area contributed by atoms with Crippen LogP contribution in [0.2, 0.25) is 0 Å². The van der Waals surface area contributed by atoms with Gasteiger partial charge in [-0.3, -0.25) is 0 Å². The van der Waals surface area contributed by atoms with Crippen LogP contribution >= 0.6 is 0 Å². The average molecular weight is 360 g/mol. The molecule has 1 aliphatic heterocycles. The number of nitrogens with zero attached hydrogens (tertiary/aromatic N) is 1. The van der Waals surface area contributed by atoms with Gasteiger partial charge in [0, 0.05) is 11.6 Å². The Bertz CT molecular complexity index is 953. The van der Waals surface area contributed by atoms with Gasteiger partial charge in [-0.1, -0.05) is 42.5 Å². The van der Waals surface area contributed by atoms with Crippen molar-refractivity contribution in [2.75, 3.05) is 6.61 Å². The van der Waals surface area contributed by atoms with E-state index in [1.807, 2.05) is 48.5 Å². The molecule has 5 nitrogen and oxygen atoms in total. The zero-order valence-electron chi connectivity index (χ0n) is 14.7. The normalized spacial score (nSPS) is 17.2. The molecule has 3 aromatic carbocycles. The minimum absolute atomic E-state index is 0.0779. The molecule has 0 fully saturated rings. The number of nitrogens with one attached hydrogen (secondary N) is 1. The minimum atomic E-state index is -0.0779. The number of hydrazone groups is 1. The molecule has 0 bridgehead atoms. The van der Waals surface area contributed by atoms with Gasteiger partial charge in [0.25, 0.3) is 0 Å². The van der Waals surface area contributed by atoms with Crippen LogP contribution in [0.1, 0.15) is 22.6 Å². The van der Waals surface area contributed by atoms with Gasteiger partial charge in [-0.15, -0.1) is 0 Å². The summed E-state index contributed by atoms with van der Waals surface area (Å²) in [5, 5.41) is 24.0. The van der Waals surface area contributed by atoms with Crippen molar-refractivity contribution in [2.24, 2.45) is 5.10 Å². The van der Waals surface area contributed by atoms with Gasteiger partial charge in [-0.05, 0) is 35.4 Å². The van der Waals surface area contributed by atoms with E-state index in [1.165, 1.54) is 0 Å². The van der Waals surface area contributed by atoms with E-state index in [1.54, 1.807) is 24.3 Å². The zero-order valence-corrected chi connectivity index (χ0v) is 14.7. The molecule has 3 aromatic rings.